The van der Waals surface area contributed by atoms with Crippen LogP contribution in [-0.2, 0) is 15.7 Å². The minimum atomic E-state index is -3.45. The van der Waals surface area contributed by atoms with E-state index in [2.05, 4.69) is 5.32 Å². The van der Waals surface area contributed by atoms with Gasteiger partial charge in [0.15, 0.2) is 6.35 Å². The Labute approximate surface area is 201 Å². The molecule has 188 valence electrons. The van der Waals surface area contributed by atoms with E-state index < -0.39 is 18.8 Å². The topological polar surface area (TPSA) is 117 Å². The first-order chi connectivity index (χ1) is 16.4. The Morgan fingerprint density at radius 1 is 1.12 bits per heavy atom. The molecule has 3 rings (SSSR count). The molecule has 1 fully saturated rings. The van der Waals surface area contributed by atoms with E-state index in [0.717, 1.165) is 12.8 Å². The van der Waals surface area contributed by atoms with Crippen LogP contribution in [0.5, 0.6) is 17.2 Å². The van der Waals surface area contributed by atoms with E-state index in [1.807, 2.05) is 18.2 Å². The summed E-state index contributed by atoms with van der Waals surface area (Å²) in [6.45, 7) is 2.61. The number of rotatable bonds is 13. The molecule has 3 unspecified atom stereocenters. The molecule has 1 aliphatic rings. The number of nitrogens with one attached hydrogen (secondary N) is 1. The third-order valence-electron chi connectivity index (χ3n) is 6.17. The molecule has 8 nitrogen and oxygen atoms in total. The zero-order valence-electron chi connectivity index (χ0n) is 19.7. The first-order valence-electron chi connectivity index (χ1n) is 11.8. The van der Waals surface area contributed by atoms with E-state index in [-0.39, 0.29) is 25.3 Å². The lowest BCUT2D eigenvalue weighted by Crippen LogP contribution is -2.57. The van der Waals surface area contributed by atoms with Crippen molar-refractivity contribution in [2.45, 2.75) is 57.0 Å². The van der Waals surface area contributed by atoms with Gasteiger partial charge in [-0.1, -0.05) is 31.0 Å². The summed E-state index contributed by atoms with van der Waals surface area (Å²) in [5.41, 5.74) is 0.399. The zero-order valence-corrected chi connectivity index (χ0v) is 20.6. The van der Waals surface area contributed by atoms with E-state index in [1.54, 1.807) is 31.2 Å². The molecule has 0 aromatic heterocycles. The van der Waals surface area contributed by atoms with Gasteiger partial charge in [-0.3, -0.25) is 4.57 Å². The second-order valence-corrected chi connectivity index (χ2v) is 11.1. The van der Waals surface area contributed by atoms with Crippen LogP contribution in [-0.4, -0.2) is 52.8 Å². The third kappa shape index (κ3) is 6.32. The van der Waals surface area contributed by atoms with E-state index >= 15 is 0 Å². The second kappa shape index (κ2) is 12.6. The molecule has 1 saturated carbocycles. The predicted molar refractivity (Wildman–Crippen MR) is 131 cm³/mol. The molecule has 0 amide bonds. The number of aliphatic hydroxyl groups excluding tert-OH is 2. The van der Waals surface area contributed by atoms with E-state index in [4.69, 9.17) is 14.0 Å². The van der Waals surface area contributed by atoms with Crippen molar-refractivity contribution in [3.05, 3.63) is 54.1 Å². The van der Waals surface area contributed by atoms with Crippen molar-refractivity contribution in [1.29, 1.82) is 0 Å². The summed E-state index contributed by atoms with van der Waals surface area (Å²) >= 11 is 0. The van der Waals surface area contributed by atoms with Crippen molar-refractivity contribution in [1.82, 2.24) is 5.32 Å². The third-order valence-corrected chi connectivity index (χ3v) is 9.21. The van der Waals surface area contributed by atoms with Gasteiger partial charge >= 0.3 is 0 Å². The highest BCUT2D eigenvalue weighted by atomic mass is 31.2. The fourth-order valence-electron chi connectivity index (χ4n) is 4.36. The zero-order chi connectivity index (χ0) is 24.4. The fourth-order valence-corrected chi connectivity index (χ4v) is 7.07. The van der Waals surface area contributed by atoms with E-state index in [0.29, 0.717) is 49.5 Å². The van der Waals surface area contributed by atoms with Crippen LogP contribution in [0.25, 0.3) is 0 Å². The maximum Gasteiger partial charge on any atom is 0.261 e. The summed E-state index contributed by atoms with van der Waals surface area (Å²) in [5.74, 6) is 1.17. The van der Waals surface area contributed by atoms with E-state index in [1.165, 1.54) is 6.07 Å². The largest absolute Gasteiger partial charge is 0.508 e. The van der Waals surface area contributed by atoms with Crippen LogP contribution in [0.3, 0.4) is 0 Å². The lowest BCUT2D eigenvalue weighted by atomic mass is 9.91. The molecule has 3 atom stereocenters. The molecule has 0 bridgehead atoms. The standard InChI is InChI=1S/C25H36NO7P/c1-2-33-34(30,19-32-21-9-4-3-5-10-21)25(14-7-6-11-24(25)29)26-15-8-16-31-22-12-13-23(28)20(17-22)18-27/h3-5,9-10,12-13,17,24,26-29H,2,6-8,11,14-16,18-19H2,1H3. The van der Waals surface area contributed by atoms with Gasteiger partial charge in [-0.25, -0.2) is 0 Å². The van der Waals surface area contributed by atoms with Gasteiger partial charge in [-0.05, 0) is 63.1 Å². The molecule has 2 aromatic rings. The van der Waals surface area contributed by atoms with Gasteiger partial charge in [-0.2, -0.15) is 0 Å². The number of ether oxygens (including phenoxy) is 2. The number of phenols is 1. The molecule has 0 heterocycles. The molecule has 0 radical (unpaired) electrons. The highest BCUT2D eigenvalue weighted by molar-refractivity contribution is 7.60. The average molecular weight is 494 g/mol. The Morgan fingerprint density at radius 3 is 2.62 bits per heavy atom. The maximum atomic E-state index is 14.2. The Bertz CT molecular complexity index is 942. The van der Waals surface area contributed by atoms with Gasteiger partial charge in [0.25, 0.3) is 7.37 Å². The summed E-state index contributed by atoms with van der Waals surface area (Å²) < 4.78 is 31.7. The SMILES string of the molecule is CCOP(=O)(COc1ccccc1)C1(NCCCOc2ccc(O)c(CO)c2)CCCCC1O. The molecule has 2 aromatic carbocycles. The van der Waals surface area contributed by atoms with Crippen LogP contribution in [0, 0.1) is 0 Å². The van der Waals surface area contributed by atoms with Gasteiger partial charge < -0.3 is 34.6 Å². The first kappa shape index (κ1) is 26.5. The van der Waals surface area contributed by atoms with Crippen molar-refractivity contribution in [3.8, 4) is 17.2 Å². The summed E-state index contributed by atoms with van der Waals surface area (Å²) in [5, 5.41) is 32.3. The Balaban J connectivity index is 1.66. The molecular formula is C25H36NO7P. The summed E-state index contributed by atoms with van der Waals surface area (Å²) in [7, 11) is -3.45. The van der Waals surface area contributed by atoms with Crippen molar-refractivity contribution in [2.24, 2.45) is 0 Å². The summed E-state index contributed by atoms with van der Waals surface area (Å²) in [6.07, 6.45) is 2.43. The lowest BCUT2D eigenvalue weighted by molar-refractivity contribution is 0.0554. The van der Waals surface area contributed by atoms with Crippen molar-refractivity contribution in [3.63, 3.8) is 0 Å². The molecule has 9 heteroatoms. The number of hydrogen-bond donors (Lipinski definition) is 4. The van der Waals surface area contributed by atoms with Crippen molar-refractivity contribution >= 4 is 7.37 Å². The van der Waals surface area contributed by atoms with Crippen LogP contribution < -0.4 is 14.8 Å². The van der Waals surface area contributed by atoms with Gasteiger partial charge in [-0.15, -0.1) is 0 Å². The Hall–Kier alpha value is -2.09. The first-order valence-corrected chi connectivity index (χ1v) is 13.7. The smallest absolute Gasteiger partial charge is 0.261 e. The normalized spacial score (nSPS) is 22.1. The highest BCUT2D eigenvalue weighted by Gasteiger charge is 2.55. The summed E-state index contributed by atoms with van der Waals surface area (Å²) in [6, 6.07) is 13.9. The summed E-state index contributed by atoms with van der Waals surface area (Å²) in [4.78, 5) is 0. The number of hydrogen-bond acceptors (Lipinski definition) is 8. The number of para-hydroxylation sites is 1. The predicted octanol–water partition coefficient (Wildman–Crippen LogP) is 4.23. The lowest BCUT2D eigenvalue weighted by Gasteiger charge is -2.46. The quantitative estimate of drug-likeness (QED) is 0.242. The van der Waals surface area contributed by atoms with Crippen LogP contribution in [0.2, 0.25) is 0 Å². The Morgan fingerprint density at radius 2 is 1.91 bits per heavy atom. The maximum absolute atomic E-state index is 14.2. The number of aromatic hydroxyl groups is 1. The number of benzene rings is 2. The second-order valence-electron chi connectivity index (χ2n) is 8.44. The van der Waals surface area contributed by atoms with Gasteiger partial charge in [0.2, 0.25) is 0 Å². The highest BCUT2D eigenvalue weighted by Crippen LogP contribution is 2.62. The van der Waals surface area contributed by atoms with Crippen LogP contribution in [0.4, 0.5) is 0 Å². The number of aliphatic hydroxyl groups is 2. The van der Waals surface area contributed by atoms with Gasteiger partial charge in [0, 0.05) is 5.56 Å². The van der Waals surface area contributed by atoms with Crippen LogP contribution >= 0.6 is 7.37 Å². The molecule has 4 N–H and O–H groups in total. The molecule has 34 heavy (non-hydrogen) atoms. The fraction of sp³-hybridized carbons (Fsp3) is 0.520. The van der Waals surface area contributed by atoms with Crippen LogP contribution in [0.1, 0.15) is 44.6 Å². The minimum Gasteiger partial charge on any atom is -0.508 e. The Kier molecular flexibility index (Phi) is 9.80. The van der Waals surface area contributed by atoms with Crippen molar-refractivity contribution in [2.75, 3.05) is 26.1 Å². The van der Waals surface area contributed by atoms with Crippen molar-refractivity contribution < 1.29 is 33.9 Å². The molecule has 0 spiro atoms. The minimum absolute atomic E-state index is 0.0224. The average Bonchev–Trinajstić information content (AvgIpc) is 2.85. The van der Waals surface area contributed by atoms with Crippen LogP contribution in [0.15, 0.2) is 48.5 Å². The monoisotopic (exact) mass is 493 g/mol. The molecule has 1 aliphatic carbocycles. The molecule has 0 saturated heterocycles. The van der Waals surface area contributed by atoms with Gasteiger partial charge in [0.1, 0.15) is 22.5 Å². The molecular weight excluding hydrogens is 457 g/mol. The molecule has 0 aliphatic heterocycles. The van der Waals surface area contributed by atoms with E-state index in [9.17, 15) is 19.9 Å². The van der Waals surface area contributed by atoms with Gasteiger partial charge in [0.05, 0.1) is 25.9 Å².